The summed E-state index contributed by atoms with van der Waals surface area (Å²) in [5.74, 6) is 0.0700. The molecular weight excluding hydrogens is 222 g/mol. The van der Waals surface area contributed by atoms with Crippen LogP contribution < -0.4 is 4.18 Å². The van der Waals surface area contributed by atoms with Crippen molar-refractivity contribution in [2.75, 3.05) is 6.26 Å². The summed E-state index contributed by atoms with van der Waals surface area (Å²) >= 11 is 0. The Bertz CT molecular complexity index is 494. The molecule has 1 aromatic rings. The normalized spacial score (nSPS) is 11.1. The highest BCUT2D eigenvalue weighted by Gasteiger charge is 2.12. The van der Waals surface area contributed by atoms with Crippen LogP contribution in [0.25, 0.3) is 0 Å². The van der Waals surface area contributed by atoms with Crippen molar-refractivity contribution in [2.45, 2.75) is 6.92 Å². The van der Waals surface area contributed by atoms with Crippen LogP contribution in [0.2, 0.25) is 0 Å². The van der Waals surface area contributed by atoms with Gasteiger partial charge in [0.15, 0.2) is 0 Å². The monoisotopic (exact) mass is 231 g/mol. The molecule has 0 amide bonds. The number of aryl methyl sites for hydroxylation is 1. The lowest BCUT2D eigenvalue weighted by molar-refractivity contribution is -0.385. The fourth-order valence-corrected chi connectivity index (χ4v) is 1.51. The van der Waals surface area contributed by atoms with Gasteiger partial charge in [-0.1, -0.05) is 0 Å². The molecule has 0 radical (unpaired) electrons. The molecule has 1 rings (SSSR count). The predicted octanol–water partition coefficient (Wildman–Crippen LogP) is 1.24. The Morgan fingerprint density at radius 2 is 2.00 bits per heavy atom. The number of nitro groups is 1. The van der Waals surface area contributed by atoms with E-state index in [1.54, 1.807) is 0 Å². The van der Waals surface area contributed by atoms with Gasteiger partial charge in [0.2, 0.25) is 0 Å². The second-order valence-electron chi connectivity index (χ2n) is 2.99. The Hall–Kier alpha value is -1.63. The van der Waals surface area contributed by atoms with Crippen LogP contribution in [0.5, 0.6) is 5.75 Å². The highest BCUT2D eigenvalue weighted by molar-refractivity contribution is 7.86. The van der Waals surface area contributed by atoms with E-state index in [-0.39, 0.29) is 11.4 Å². The van der Waals surface area contributed by atoms with Gasteiger partial charge in [-0.25, -0.2) is 0 Å². The summed E-state index contributed by atoms with van der Waals surface area (Å²) in [6.45, 7) is 1.51. The molecule has 0 saturated heterocycles. The number of nitro benzene ring substituents is 1. The number of benzene rings is 1. The van der Waals surface area contributed by atoms with Crippen molar-refractivity contribution < 1.29 is 17.5 Å². The SMILES string of the molecule is Cc1cc(OS(C)(=O)=O)ccc1[N+](=O)[O-]. The van der Waals surface area contributed by atoms with Crippen molar-refractivity contribution in [3.05, 3.63) is 33.9 Å². The topological polar surface area (TPSA) is 86.5 Å². The zero-order chi connectivity index (χ0) is 11.6. The van der Waals surface area contributed by atoms with Crippen LogP contribution in [0.1, 0.15) is 5.56 Å². The summed E-state index contributed by atoms with van der Waals surface area (Å²) in [5, 5.41) is 10.5. The minimum absolute atomic E-state index is 0.0700. The maximum Gasteiger partial charge on any atom is 0.306 e. The third kappa shape index (κ3) is 3.21. The van der Waals surface area contributed by atoms with Gasteiger partial charge in [0.05, 0.1) is 11.2 Å². The van der Waals surface area contributed by atoms with E-state index in [4.69, 9.17) is 0 Å². The zero-order valence-electron chi connectivity index (χ0n) is 8.13. The quantitative estimate of drug-likeness (QED) is 0.443. The smallest absolute Gasteiger partial charge is 0.306 e. The lowest BCUT2D eigenvalue weighted by atomic mass is 10.2. The van der Waals surface area contributed by atoms with Crippen LogP contribution in [0, 0.1) is 17.0 Å². The first kappa shape index (κ1) is 11.4. The second-order valence-corrected chi connectivity index (χ2v) is 4.57. The average molecular weight is 231 g/mol. The van der Waals surface area contributed by atoms with Crippen molar-refractivity contribution in [2.24, 2.45) is 0 Å². The van der Waals surface area contributed by atoms with Gasteiger partial charge in [0.1, 0.15) is 5.75 Å². The Labute approximate surface area is 86.8 Å². The predicted molar refractivity (Wildman–Crippen MR) is 53.3 cm³/mol. The van der Waals surface area contributed by atoms with E-state index in [0.717, 1.165) is 6.26 Å². The molecule has 82 valence electrons. The van der Waals surface area contributed by atoms with E-state index in [2.05, 4.69) is 4.18 Å². The van der Waals surface area contributed by atoms with E-state index in [9.17, 15) is 18.5 Å². The van der Waals surface area contributed by atoms with E-state index >= 15 is 0 Å². The highest BCUT2D eigenvalue weighted by atomic mass is 32.2. The Balaban J connectivity index is 3.07. The standard InChI is InChI=1S/C8H9NO5S/c1-6-5-7(14-15(2,12)13)3-4-8(6)9(10)11/h3-5H,1-2H3. The molecule has 0 aliphatic heterocycles. The fourth-order valence-electron chi connectivity index (χ4n) is 1.06. The summed E-state index contributed by atoms with van der Waals surface area (Å²) in [6, 6.07) is 3.75. The van der Waals surface area contributed by atoms with Crippen molar-refractivity contribution in [3.63, 3.8) is 0 Å². The molecule has 0 N–H and O–H groups in total. The van der Waals surface area contributed by atoms with Crippen molar-refractivity contribution in [1.29, 1.82) is 0 Å². The van der Waals surface area contributed by atoms with E-state index < -0.39 is 15.0 Å². The van der Waals surface area contributed by atoms with Gasteiger partial charge >= 0.3 is 10.1 Å². The van der Waals surface area contributed by atoms with Gasteiger partial charge in [-0.05, 0) is 19.1 Å². The lowest BCUT2D eigenvalue weighted by Crippen LogP contribution is -2.06. The molecule has 0 unspecified atom stereocenters. The third-order valence-corrected chi connectivity index (χ3v) is 2.11. The molecule has 0 aliphatic carbocycles. The first-order valence-corrected chi connectivity index (χ1v) is 5.76. The zero-order valence-corrected chi connectivity index (χ0v) is 8.95. The van der Waals surface area contributed by atoms with Crippen LogP contribution in [0.15, 0.2) is 18.2 Å². The summed E-state index contributed by atoms with van der Waals surface area (Å²) in [4.78, 5) is 9.92. The summed E-state index contributed by atoms with van der Waals surface area (Å²) in [5.41, 5.74) is 0.275. The van der Waals surface area contributed by atoms with Gasteiger partial charge < -0.3 is 4.18 Å². The lowest BCUT2D eigenvalue weighted by Gasteiger charge is -2.03. The second kappa shape index (κ2) is 3.85. The maximum atomic E-state index is 10.8. The molecule has 0 aliphatic rings. The van der Waals surface area contributed by atoms with Gasteiger partial charge in [-0.2, -0.15) is 8.42 Å². The minimum atomic E-state index is -3.60. The molecule has 0 bridgehead atoms. The van der Waals surface area contributed by atoms with E-state index in [0.29, 0.717) is 5.56 Å². The number of rotatable bonds is 3. The minimum Gasteiger partial charge on any atom is -0.383 e. The van der Waals surface area contributed by atoms with Crippen LogP contribution in [-0.2, 0) is 10.1 Å². The summed E-state index contributed by atoms with van der Waals surface area (Å²) in [7, 11) is -3.60. The van der Waals surface area contributed by atoms with Crippen LogP contribution in [-0.4, -0.2) is 19.6 Å². The first-order valence-electron chi connectivity index (χ1n) is 3.94. The van der Waals surface area contributed by atoms with Crippen LogP contribution >= 0.6 is 0 Å². The number of nitrogens with zero attached hydrogens (tertiary/aromatic N) is 1. The third-order valence-electron chi connectivity index (χ3n) is 1.61. The number of hydrogen-bond acceptors (Lipinski definition) is 5. The van der Waals surface area contributed by atoms with Gasteiger partial charge in [0.25, 0.3) is 5.69 Å². The van der Waals surface area contributed by atoms with E-state index in [1.165, 1.54) is 25.1 Å². The molecular formula is C8H9NO5S. The van der Waals surface area contributed by atoms with Crippen LogP contribution in [0.4, 0.5) is 5.69 Å². The van der Waals surface area contributed by atoms with Gasteiger partial charge in [0, 0.05) is 11.6 Å². The molecule has 0 aromatic heterocycles. The van der Waals surface area contributed by atoms with Crippen LogP contribution in [0.3, 0.4) is 0 Å². The van der Waals surface area contributed by atoms with Gasteiger partial charge in [-0.3, -0.25) is 10.1 Å². The summed E-state index contributed by atoms with van der Waals surface area (Å²) < 4.78 is 26.1. The first-order chi connectivity index (χ1) is 6.79. The Morgan fingerprint density at radius 3 is 2.40 bits per heavy atom. The van der Waals surface area contributed by atoms with Gasteiger partial charge in [-0.15, -0.1) is 0 Å². The molecule has 0 saturated carbocycles. The Kier molecular flexibility index (Phi) is 2.94. The number of hydrogen-bond donors (Lipinski definition) is 0. The Morgan fingerprint density at radius 1 is 1.40 bits per heavy atom. The van der Waals surface area contributed by atoms with Crippen molar-refractivity contribution in [3.8, 4) is 5.75 Å². The van der Waals surface area contributed by atoms with Crippen molar-refractivity contribution >= 4 is 15.8 Å². The molecule has 0 heterocycles. The largest absolute Gasteiger partial charge is 0.383 e. The molecule has 1 aromatic carbocycles. The summed E-state index contributed by atoms with van der Waals surface area (Å²) in [6.07, 6.45) is 0.906. The molecule has 7 heteroatoms. The molecule has 0 spiro atoms. The molecule has 0 fully saturated rings. The fraction of sp³-hybridized carbons (Fsp3) is 0.250. The highest BCUT2D eigenvalue weighted by Crippen LogP contribution is 2.23. The van der Waals surface area contributed by atoms with E-state index in [1.807, 2.05) is 0 Å². The average Bonchev–Trinajstić information content (AvgIpc) is 1.99. The maximum absolute atomic E-state index is 10.8. The molecule has 6 nitrogen and oxygen atoms in total. The van der Waals surface area contributed by atoms with Crippen molar-refractivity contribution in [1.82, 2.24) is 0 Å². The molecule has 0 atom stereocenters. The molecule has 15 heavy (non-hydrogen) atoms.